The third-order valence-electron chi connectivity index (χ3n) is 3.01. The minimum absolute atomic E-state index is 0.310. The summed E-state index contributed by atoms with van der Waals surface area (Å²) in [6, 6.07) is 17.2. The summed E-state index contributed by atoms with van der Waals surface area (Å²) < 4.78 is 5.75. The molecule has 0 unspecified atom stereocenters. The number of rotatable bonds is 3. The van der Waals surface area contributed by atoms with Crippen molar-refractivity contribution >= 4 is 10.9 Å². The van der Waals surface area contributed by atoms with E-state index in [-0.39, 0.29) is 0 Å². The predicted molar refractivity (Wildman–Crippen MR) is 75.0 cm³/mol. The molecule has 0 aliphatic heterocycles. The molecule has 0 atom stereocenters. The van der Waals surface area contributed by atoms with E-state index in [1.807, 2.05) is 42.5 Å². The van der Waals surface area contributed by atoms with E-state index in [9.17, 15) is 0 Å². The van der Waals surface area contributed by atoms with Crippen LogP contribution in [0.25, 0.3) is 10.9 Å². The summed E-state index contributed by atoms with van der Waals surface area (Å²) in [6.45, 7) is 0.310. The Bertz CT molecular complexity index is 788. The van der Waals surface area contributed by atoms with Crippen LogP contribution in [0.2, 0.25) is 0 Å². The van der Waals surface area contributed by atoms with E-state index in [1.54, 1.807) is 6.07 Å². The summed E-state index contributed by atoms with van der Waals surface area (Å²) in [5.41, 5.74) is 2.30. The van der Waals surface area contributed by atoms with E-state index in [2.05, 4.69) is 16.0 Å². The van der Waals surface area contributed by atoms with E-state index < -0.39 is 0 Å². The van der Waals surface area contributed by atoms with Crippen molar-refractivity contribution in [1.29, 1.82) is 5.26 Å². The van der Waals surface area contributed by atoms with Crippen LogP contribution in [0.1, 0.15) is 11.1 Å². The van der Waals surface area contributed by atoms with Gasteiger partial charge in [-0.15, -0.1) is 0 Å². The number of para-hydroxylation sites is 1. The van der Waals surface area contributed by atoms with Crippen LogP contribution in [0.3, 0.4) is 0 Å². The molecule has 2 aromatic carbocycles. The zero-order valence-corrected chi connectivity index (χ0v) is 10.7. The van der Waals surface area contributed by atoms with Gasteiger partial charge in [-0.05, 0) is 18.2 Å². The van der Waals surface area contributed by atoms with Crippen molar-refractivity contribution in [1.82, 2.24) is 9.97 Å². The van der Waals surface area contributed by atoms with Crippen LogP contribution >= 0.6 is 0 Å². The number of nitriles is 1. The fourth-order valence-corrected chi connectivity index (χ4v) is 2.00. The van der Waals surface area contributed by atoms with E-state index in [0.717, 1.165) is 16.5 Å². The highest BCUT2D eigenvalue weighted by Gasteiger charge is 2.06. The van der Waals surface area contributed by atoms with Crippen LogP contribution in [0.4, 0.5) is 0 Å². The maximum Gasteiger partial charge on any atom is 0.224 e. The molecule has 0 saturated heterocycles. The van der Waals surface area contributed by atoms with Crippen molar-refractivity contribution < 1.29 is 4.74 Å². The monoisotopic (exact) mass is 261 g/mol. The first-order chi connectivity index (χ1) is 9.88. The zero-order chi connectivity index (χ0) is 13.8. The Kier molecular flexibility index (Phi) is 3.25. The fraction of sp³-hybridized carbons (Fsp3) is 0.0625. The van der Waals surface area contributed by atoms with E-state index >= 15 is 0 Å². The van der Waals surface area contributed by atoms with Crippen molar-refractivity contribution in [3.8, 4) is 11.9 Å². The number of nitrogens with zero attached hydrogens (tertiary/aromatic N) is 3. The average molecular weight is 261 g/mol. The second kappa shape index (κ2) is 5.37. The smallest absolute Gasteiger partial charge is 0.224 e. The van der Waals surface area contributed by atoms with Crippen molar-refractivity contribution in [2.45, 2.75) is 6.61 Å². The molecule has 0 saturated carbocycles. The highest BCUT2D eigenvalue weighted by Crippen LogP contribution is 2.21. The maximum atomic E-state index is 9.06. The summed E-state index contributed by atoms with van der Waals surface area (Å²) in [5, 5.41) is 9.92. The quantitative estimate of drug-likeness (QED) is 0.727. The van der Waals surface area contributed by atoms with Crippen molar-refractivity contribution in [3.63, 3.8) is 0 Å². The second-order valence-corrected chi connectivity index (χ2v) is 4.25. The number of hydrogen-bond acceptors (Lipinski definition) is 4. The van der Waals surface area contributed by atoms with Gasteiger partial charge in [-0.1, -0.05) is 30.3 Å². The molecule has 3 rings (SSSR count). The topological polar surface area (TPSA) is 58.8 Å². The van der Waals surface area contributed by atoms with Crippen LogP contribution in [0.5, 0.6) is 5.88 Å². The normalized spacial score (nSPS) is 10.2. The van der Waals surface area contributed by atoms with Gasteiger partial charge >= 0.3 is 0 Å². The minimum Gasteiger partial charge on any atom is -0.472 e. The third-order valence-corrected chi connectivity index (χ3v) is 3.01. The summed E-state index contributed by atoms with van der Waals surface area (Å²) >= 11 is 0. The van der Waals surface area contributed by atoms with Gasteiger partial charge in [-0.25, -0.2) is 9.97 Å². The van der Waals surface area contributed by atoms with Gasteiger partial charge in [0.15, 0.2) is 0 Å². The molecule has 0 bridgehead atoms. The number of ether oxygens (including phenoxy) is 1. The zero-order valence-electron chi connectivity index (χ0n) is 10.7. The number of benzene rings is 2. The summed E-state index contributed by atoms with van der Waals surface area (Å²) in [5.74, 6) is 0.531. The number of aromatic nitrogens is 2. The van der Waals surface area contributed by atoms with Gasteiger partial charge in [-0.2, -0.15) is 5.26 Å². The summed E-state index contributed by atoms with van der Waals surface area (Å²) in [4.78, 5) is 8.35. The van der Waals surface area contributed by atoms with Crippen LogP contribution < -0.4 is 4.74 Å². The Labute approximate surface area is 116 Å². The first-order valence-electron chi connectivity index (χ1n) is 6.19. The van der Waals surface area contributed by atoms with E-state index in [1.165, 1.54) is 6.33 Å². The molecular weight excluding hydrogens is 250 g/mol. The van der Waals surface area contributed by atoms with Gasteiger partial charge in [0, 0.05) is 5.56 Å². The SMILES string of the molecule is N#Cc1ccccc1COc1ncnc2ccccc12. The molecule has 4 heteroatoms. The molecule has 0 aliphatic carbocycles. The third kappa shape index (κ3) is 2.29. The molecule has 0 aliphatic rings. The Balaban J connectivity index is 1.89. The van der Waals surface area contributed by atoms with E-state index in [0.29, 0.717) is 18.1 Å². The van der Waals surface area contributed by atoms with Gasteiger partial charge in [-0.3, -0.25) is 0 Å². The lowest BCUT2D eigenvalue weighted by Gasteiger charge is -2.08. The standard InChI is InChI=1S/C16H11N3O/c17-9-12-5-1-2-6-13(12)10-20-16-14-7-3-4-8-15(14)18-11-19-16/h1-8,11H,10H2. The Morgan fingerprint density at radius 2 is 1.80 bits per heavy atom. The minimum atomic E-state index is 0.310. The Hall–Kier alpha value is -2.93. The molecule has 0 fully saturated rings. The summed E-state index contributed by atoms with van der Waals surface area (Å²) in [6.07, 6.45) is 1.48. The van der Waals surface area contributed by atoms with Crippen LogP contribution in [-0.2, 0) is 6.61 Å². The molecule has 1 aromatic heterocycles. The lowest BCUT2D eigenvalue weighted by atomic mass is 10.1. The molecule has 96 valence electrons. The molecule has 0 spiro atoms. The molecule has 20 heavy (non-hydrogen) atoms. The number of hydrogen-bond donors (Lipinski definition) is 0. The molecule has 0 radical (unpaired) electrons. The summed E-state index contributed by atoms with van der Waals surface area (Å²) in [7, 11) is 0. The molecule has 1 heterocycles. The first-order valence-corrected chi connectivity index (χ1v) is 6.19. The lowest BCUT2D eigenvalue weighted by molar-refractivity contribution is 0.297. The van der Waals surface area contributed by atoms with Gasteiger partial charge in [0.25, 0.3) is 0 Å². The van der Waals surface area contributed by atoms with Crippen LogP contribution in [0, 0.1) is 11.3 Å². The van der Waals surface area contributed by atoms with Crippen molar-refractivity contribution in [2.75, 3.05) is 0 Å². The van der Waals surface area contributed by atoms with E-state index in [4.69, 9.17) is 10.00 Å². The fourth-order valence-electron chi connectivity index (χ4n) is 2.00. The van der Waals surface area contributed by atoms with Crippen LogP contribution in [0.15, 0.2) is 54.9 Å². The van der Waals surface area contributed by atoms with Gasteiger partial charge in [0.05, 0.1) is 22.5 Å². The van der Waals surface area contributed by atoms with Crippen molar-refractivity contribution in [3.05, 3.63) is 66.0 Å². The second-order valence-electron chi connectivity index (χ2n) is 4.25. The predicted octanol–water partition coefficient (Wildman–Crippen LogP) is 3.08. The van der Waals surface area contributed by atoms with Gasteiger partial charge < -0.3 is 4.74 Å². The Morgan fingerprint density at radius 3 is 2.70 bits per heavy atom. The highest BCUT2D eigenvalue weighted by molar-refractivity contribution is 5.82. The number of fused-ring (bicyclic) bond motifs is 1. The van der Waals surface area contributed by atoms with Crippen LogP contribution in [-0.4, -0.2) is 9.97 Å². The molecule has 0 N–H and O–H groups in total. The molecule has 4 nitrogen and oxygen atoms in total. The molecular formula is C16H11N3O. The maximum absolute atomic E-state index is 9.06. The first kappa shape index (κ1) is 12.1. The lowest BCUT2D eigenvalue weighted by Crippen LogP contribution is -2.00. The largest absolute Gasteiger partial charge is 0.472 e. The average Bonchev–Trinajstić information content (AvgIpc) is 2.53. The Morgan fingerprint density at radius 1 is 1.00 bits per heavy atom. The van der Waals surface area contributed by atoms with Gasteiger partial charge in [0.1, 0.15) is 12.9 Å². The molecule has 0 amide bonds. The highest BCUT2D eigenvalue weighted by atomic mass is 16.5. The van der Waals surface area contributed by atoms with Crippen molar-refractivity contribution in [2.24, 2.45) is 0 Å². The van der Waals surface area contributed by atoms with Gasteiger partial charge in [0.2, 0.25) is 5.88 Å². The molecule has 3 aromatic rings.